The van der Waals surface area contributed by atoms with E-state index in [1.54, 1.807) is 0 Å². The highest BCUT2D eigenvalue weighted by molar-refractivity contribution is 5.07. The zero-order chi connectivity index (χ0) is 11.2. The highest BCUT2D eigenvalue weighted by Crippen LogP contribution is 2.30. The first-order valence-electron chi connectivity index (χ1n) is 5.39. The van der Waals surface area contributed by atoms with Crippen LogP contribution >= 0.6 is 0 Å². The van der Waals surface area contributed by atoms with Gasteiger partial charge in [-0.2, -0.15) is 0 Å². The Balaban J connectivity index is 4.00. The van der Waals surface area contributed by atoms with E-state index in [1.807, 2.05) is 7.05 Å². The summed E-state index contributed by atoms with van der Waals surface area (Å²) in [4.78, 5) is 2.24. The molecule has 0 unspecified atom stereocenters. The SMILES string of the molecule is CN/C=C(\C)C(C)(C)CCCN(C)C. The monoisotopic (exact) mass is 198 g/mol. The van der Waals surface area contributed by atoms with Crippen LogP contribution in [-0.2, 0) is 0 Å². The smallest absolute Gasteiger partial charge is 0.00276 e. The first-order valence-corrected chi connectivity index (χ1v) is 5.39. The van der Waals surface area contributed by atoms with Gasteiger partial charge in [0.05, 0.1) is 0 Å². The fraction of sp³-hybridized carbons (Fsp3) is 0.833. The summed E-state index contributed by atoms with van der Waals surface area (Å²) >= 11 is 0. The lowest BCUT2D eigenvalue weighted by Gasteiger charge is -2.26. The molecule has 2 nitrogen and oxygen atoms in total. The van der Waals surface area contributed by atoms with Crippen LogP contribution in [0, 0.1) is 5.41 Å². The van der Waals surface area contributed by atoms with Crippen LogP contribution < -0.4 is 5.32 Å². The maximum Gasteiger partial charge on any atom is 0.00276 e. The summed E-state index contributed by atoms with van der Waals surface area (Å²) in [6.07, 6.45) is 4.61. The van der Waals surface area contributed by atoms with Crippen LogP contribution in [-0.4, -0.2) is 32.6 Å². The molecule has 14 heavy (non-hydrogen) atoms. The molecular weight excluding hydrogens is 172 g/mol. The molecule has 0 heterocycles. The van der Waals surface area contributed by atoms with Gasteiger partial charge in [0.15, 0.2) is 0 Å². The molecule has 1 N–H and O–H groups in total. The van der Waals surface area contributed by atoms with E-state index in [0.717, 1.165) is 0 Å². The average molecular weight is 198 g/mol. The van der Waals surface area contributed by atoms with Crippen molar-refractivity contribution in [3.8, 4) is 0 Å². The number of rotatable bonds is 6. The van der Waals surface area contributed by atoms with E-state index >= 15 is 0 Å². The van der Waals surface area contributed by atoms with Gasteiger partial charge in [-0.25, -0.2) is 0 Å². The summed E-state index contributed by atoms with van der Waals surface area (Å²) in [7, 11) is 6.21. The van der Waals surface area contributed by atoms with Crippen LogP contribution in [0.15, 0.2) is 11.8 Å². The molecule has 0 amide bonds. The molecular formula is C12H26N2. The predicted molar refractivity (Wildman–Crippen MR) is 64.4 cm³/mol. The van der Waals surface area contributed by atoms with Crippen molar-refractivity contribution in [3.63, 3.8) is 0 Å². The normalized spacial score (nSPS) is 13.5. The van der Waals surface area contributed by atoms with Gasteiger partial charge in [0.1, 0.15) is 0 Å². The average Bonchev–Trinajstić information content (AvgIpc) is 2.03. The second kappa shape index (κ2) is 6.07. The van der Waals surface area contributed by atoms with Crippen LogP contribution in [0.5, 0.6) is 0 Å². The van der Waals surface area contributed by atoms with E-state index in [0.29, 0.717) is 5.41 Å². The largest absolute Gasteiger partial charge is 0.394 e. The maximum absolute atomic E-state index is 3.10. The van der Waals surface area contributed by atoms with Crippen LogP contribution in [0.2, 0.25) is 0 Å². The zero-order valence-corrected chi connectivity index (χ0v) is 10.6. The van der Waals surface area contributed by atoms with Gasteiger partial charge in [-0.15, -0.1) is 0 Å². The van der Waals surface area contributed by atoms with Crippen molar-refractivity contribution in [2.75, 3.05) is 27.7 Å². The molecule has 0 aromatic rings. The lowest BCUT2D eigenvalue weighted by atomic mass is 9.81. The number of nitrogens with one attached hydrogen (secondary N) is 1. The number of allylic oxidation sites excluding steroid dienone is 1. The molecule has 0 rings (SSSR count). The third-order valence-corrected chi connectivity index (χ3v) is 2.84. The Hall–Kier alpha value is -0.500. The van der Waals surface area contributed by atoms with Crippen LogP contribution in [0.1, 0.15) is 33.6 Å². The molecule has 0 saturated heterocycles. The van der Waals surface area contributed by atoms with Crippen molar-refractivity contribution in [1.29, 1.82) is 0 Å². The van der Waals surface area contributed by atoms with Gasteiger partial charge in [0, 0.05) is 7.05 Å². The molecule has 0 aliphatic carbocycles. The Morgan fingerprint density at radius 1 is 1.36 bits per heavy atom. The summed E-state index contributed by atoms with van der Waals surface area (Å²) in [5, 5.41) is 3.10. The molecule has 0 aliphatic rings. The van der Waals surface area contributed by atoms with E-state index in [4.69, 9.17) is 0 Å². The van der Waals surface area contributed by atoms with Crippen LogP contribution in [0.25, 0.3) is 0 Å². The van der Waals surface area contributed by atoms with Crippen LogP contribution in [0.4, 0.5) is 0 Å². The topological polar surface area (TPSA) is 15.3 Å². The standard InChI is InChI=1S/C12H26N2/c1-11(10-13-4)12(2,3)8-7-9-14(5)6/h10,13H,7-9H2,1-6H3/b11-10+. The van der Waals surface area contributed by atoms with Gasteiger partial charge in [-0.05, 0) is 52.0 Å². The summed E-state index contributed by atoms with van der Waals surface area (Å²) in [6.45, 7) is 8.00. The third-order valence-electron chi connectivity index (χ3n) is 2.84. The Morgan fingerprint density at radius 2 is 1.93 bits per heavy atom. The molecule has 0 bridgehead atoms. The van der Waals surface area contributed by atoms with Crippen molar-refractivity contribution < 1.29 is 0 Å². The molecule has 0 saturated carbocycles. The molecule has 2 heteroatoms. The molecule has 0 fully saturated rings. The minimum atomic E-state index is 0.318. The minimum Gasteiger partial charge on any atom is -0.394 e. The highest BCUT2D eigenvalue weighted by atomic mass is 15.0. The van der Waals surface area contributed by atoms with Gasteiger partial charge in [0.25, 0.3) is 0 Å². The van der Waals surface area contributed by atoms with Gasteiger partial charge in [-0.1, -0.05) is 19.4 Å². The zero-order valence-electron chi connectivity index (χ0n) is 10.6. The van der Waals surface area contributed by atoms with Gasteiger partial charge < -0.3 is 10.2 Å². The fourth-order valence-corrected chi connectivity index (χ4v) is 1.45. The van der Waals surface area contributed by atoms with E-state index in [-0.39, 0.29) is 0 Å². The number of nitrogens with zero attached hydrogens (tertiary/aromatic N) is 1. The van der Waals surface area contributed by atoms with Crippen LogP contribution in [0.3, 0.4) is 0 Å². The molecule has 0 aliphatic heterocycles. The first kappa shape index (κ1) is 13.5. The molecule has 0 aromatic heterocycles. The molecule has 84 valence electrons. The first-order chi connectivity index (χ1) is 6.40. The molecule has 0 aromatic carbocycles. The lowest BCUT2D eigenvalue weighted by Crippen LogP contribution is -2.19. The van der Waals surface area contributed by atoms with Crippen molar-refractivity contribution in [2.24, 2.45) is 5.41 Å². The van der Waals surface area contributed by atoms with Gasteiger partial charge >= 0.3 is 0 Å². The number of hydrogen-bond acceptors (Lipinski definition) is 2. The summed E-state index contributed by atoms with van der Waals surface area (Å²) in [6, 6.07) is 0. The van der Waals surface area contributed by atoms with Crippen molar-refractivity contribution >= 4 is 0 Å². The predicted octanol–water partition coefficient (Wildman–Crippen LogP) is 2.48. The second-order valence-electron chi connectivity index (χ2n) is 4.91. The summed E-state index contributed by atoms with van der Waals surface area (Å²) in [5.74, 6) is 0. The Kier molecular flexibility index (Phi) is 5.86. The quantitative estimate of drug-likeness (QED) is 0.705. The Labute approximate surface area is 89.4 Å². The van der Waals surface area contributed by atoms with E-state index < -0.39 is 0 Å². The van der Waals surface area contributed by atoms with Gasteiger partial charge in [-0.3, -0.25) is 0 Å². The van der Waals surface area contributed by atoms with Gasteiger partial charge in [0.2, 0.25) is 0 Å². The molecule has 0 radical (unpaired) electrons. The van der Waals surface area contributed by atoms with E-state index in [2.05, 4.69) is 51.3 Å². The fourth-order valence-electron chi connectivity index (χ4n) is 1.45. The highest BCUT2D eigenvalue weighted by Gasteiger charge is 2.19. The lowest BCUT2D eigenvalue weighted by molar-refractivity contribution is 0.333. The van der Waals surface area contributed by atoms with E-state index in [1.165, 1.54) is 25.0 Å². The maximum atomic E-state index is 3.10. The summed E-state index contributed by atoms with van der Waals surface area (Å²) < 4.78 is 0. The van der Waals surface area contributed by atoms with E-state index in [9.17, 15) is 0 Å². The molecule has 0 atom stereocenters. The van der Waals surface area contributed by atoms with Crippen molar-refractivity contribution in [3.05, 3.63) is 11.8 Å². The third kappa shape index (κ3) is 5.28. The number of hydrogen-bond donors (Lipinski definition) is 1. The molecule has 0 spiro atoms. The van der Waals surface area contributed by atoms with Crippen molar-refractivity contribution in [1.82, 2.24) is 10.2 Å². The minimum absolute atomic E-state index is 0.318. The Morgan fingerprint density at radius 3 is 2.36 bits per heavy atom. The van der Waals surface area contributed by atoms with Crippen molar-refractivity contribution in [2.45, 2.75) is 33.6 Å². The summed E-state index contributed by atoms with van der Waals surface area (Å²) in [5.41, 5.74) is 1.75. The second-order valence-corrected chi connectivity index (χ2v) is 4.91. The Bertz CT molecular complexity index is 181.